The summed E-state index contributed by atoms with van der Waals surface area (Å²) in [5, 5.41) is 0. The number of ketones is 2. The molecule has 1 aliphatic heterocycles. The average Bonchev–Trinajstić information content (AvgIpc) is 2.84. The molecule has 0 radical (unpaired) electrons. The molecule has 3 nitrogen and oxygen atoms in total. The topological polar surface area (TPSA) is 43.4 Å². The van der Waals surface area contributed by atoms with E-state index in [0.29, 0.717) is 22.3 Å². The molecule has 0 N–H and O–H groups in total. The lowest BCUT2D eigenvalue weighted by molar-refractivity contribution is 0.0979. The van der Waals surface area contributed by atoms with Crippen molar-refractivity contribution in [1.82, 2.24) is 0 Å². The number of para-hydroxylation sites is 2. The summed E-state index contributed by atoms with van der Waals surface area (Å²) in [6.07, 6.45) is 3.93. The minimum Gasteiger partial charge on any atom is -0.454 e. The Morgan fingerprint density at radius 2 is 1.31 bits per heavy atom. The first-order valence-electron chi connectivity index (χ1n) is 10.3. The van der Waals surface area contributed by atoms with Gasteiger partial charge >= 0.3 is 0 Å². The average molecular weight is 433 g/mol. The molecule has 0 unspecified atom stereocenters. The van der Waals surface area contributed by atoms with Crippen LogP contribution in [0.15, 0.2) is 94.7 Å². The molecule has 0 saturated carbocycles. The van der Waals surface area contributed by atoms with Crippen LogP contribution >= 0.6 is 11.8 Å². The number of carbonyl (C=O) groups is 2. The van der Waals surface area contributed by atoms with Gasteiger partial charge in [-0.05, 0) is 35.9 Å². The molecule has 2 aliphatic rings. The van der Waals surface area contributed by atoms with E-state index >= 15 is 0 Å². The summed E-state index contributed by atoms with van der Waals surface area (Å²) in [6.45, 7) is 0. The Kier molecular flexibility index (Phi) is 4.33. The highest BCUT2D eigenvalue weighted by atomic mass is 32.2. The van der Waals surface area contributed by atoms with Crippen molar-refractivity contribution in [1.29, 1.82) is 0 Å². The van der Waals surface area contributed by atoms with Crippen LogP contribution in [0.3, 0.4) is 0 Å². The molecular formula is C28H16O3S. The highest BCUT2D eigenvalue weighted by Crippen LogP contribution is 2.48. The summed E-state index contributed by atoms with van der Waals surface area (Å²) in [4.78, 5) is 28.0. The largest absolute Gasteiger partial charge is 0.454 e. The zero-order valence-corrected chi connectivity index (χ0v) is 17.7. The van der Waals surface area contributed by atoms with E-state index < -0.39 is 0 Å². The summed E-state index contributed by atoms with van der Waals surface area (Å²) in [5.74, 6) is 1.46. The lowest BCUT2D eigenvalue weighted by atomic mass is 9.83. The van der Waals surface area contributed by atoms with Crippen molar-refractivity contribution in [3.8, 4) is 11.5 Å². The lowest BCUT2D eigenvalue weighted by Gasteiger charge is -2.21. The molecule has 4 heteroatoms. The molecule has 32 heavy (non-hydrogen) atoms. The van der Waals surface area contributed by atoms with E-state index in [4.69, 9.17) is 4.74 Å². The Labute approximate surface area is 189 Å². The third-order valence-electron chi connectivity index (χ3n) is 5.69. The predicted octanol–water partition coefficient (Wildman–Crippen LogP) is 6.89. The zero-order valence-electron chi connectivity index (χ0n) is 16.9. The molecule has 4 aromatic carbocycles. The molecule has 6 rings (SSSR count). The van der Waals surface area contributed by atoms with Gasteiger partial charge in [-0.25, -0.2) is 0 Å². The van der Waals surface area contributed by atoms with Crippen LogP contribution in [0.2, 0.25) is 0 Å². The second-order valence-corrected chi connectivity index (χ2v) is 8.75. The first-order chi connectivity index (χ1) is 15.7. The molecule has 0 saturated heterocycles. The van der Waals surface area contributed by atoms with Crippen molar-refractivity contribution in [3.05, 3.63) is 118 Å². The smallest absolute Gasteiger partial charge is 0.194 e. The second kappa shape index (κ2) is 7.36. The number of hydrogen-bond acceptors (Lipinski definition) is 4. The van der Waals surface area contributed by atoms with Crippen molar-refractivity contribution in [2.45, 2.75) is 9.79 Å². The first kappa shape index (κ1) is 18.8. The zero-order chi connectivity index (χ0) is 21.7. The van der Waals surface area contributed by atoms with Gasteiger partial charge in [0.1, 0.15) is 11.5 Å². The van der Waals surface area contributed by atoms with Gasteiger partial charge in [-0.15, -0.1) is 0 Å². The second-order valence-electron chi connectivity index (χ2n) is 7.67. The third-order valence-corrected chi connectivity index (χ3v) is 6.79. The van der Waals surface area contributed by atoms with E-state index in [0.717, 1.165) is 32.4 Å². The van der Waals surface area contributed by atoms with Gasteiger partial charge in [-0.1, -0.05) is 78.5 Å². The van der Waals surface area contributed by atoms with E-state index in [1.807, 2.05) is 54.6 Å². The van der Waals surface area contributed by atoms with Gasteiger partial charge in [0.25, 0.3) is 0 Å². The van der Waals surface area contributed by atoms with Gasteiger partial charge < -0.3 is 4.74 Å². The highest BCUT2D eigenvalue weighted by molar-refractivity contribution is 7.99. The molecule has 0 amide bonds. The molecule has 0 aromatic heterocycles. The maximum atomic E-state index is 13.0. The maximum Gasteiger partial charge on any atom is 0.194 e. The molecule has 4 aromatic rings. The molecule has 0 spiro atoms. The van der Waals surface area contributed by atoms with E-state index in [1.165, 1.54) is 0 Å². The van der Waals surface area contributed by atoms with Gasteiger partial charge in [0, 0.05) is 27.8 Å². The number of ether oxygens (including phenoxy) is 1. The molecule has 1 aliphatic carbocycles. The summed E-state index contributed by atoms with van der Waals surface area (Å²) in [7, 11) is 0. The fraction of sp³-hybridized carbons (Fsp3) is 0. The van der Waals surface area contributed by atoms with Crippen LogP contribution in [0.4, 0.5) is 0 Å². The SMILES string of the molecule is O=C1c2ccccc2C(=O)c2cc(/C=C/c3cccc4c3Oc3ccccc3S4)ccc21. The molecule has 1 heterocycles. The van der Waals surface area contributed by atoms with E-state index in [2.05, 4.69) is 6.07 Å². The molecule has 0 atom stereocenters. The van der Waals surface area contributed by atoms with Crippen molar-refractivity contribution in [2.75, 3.05) is 0 Å². The summed E-state index contributed by atoms with van der Waals surface area (Å²) in [5.41, 5.74) is 3.65. The summed E-state index contributed by atoms with van der Waals surface area (Å²) < 4.78 is 6.19. The van der Waals surface area contributed by atoms with Crippen LogP contribution in [0.25, 0.3) is 12.2 Å². The van der Waals surface area contributed by atoms with Crippen LogP contribution < -0.4 is 4.74 Å². The van der Waals surface area contributed by atoms with Gasteiger partial charge in [-0.3, -0.25) is 9.59 Å². The van der Waals surface area contributed by atoms with Crippen LogP contribution in [-0.4, -0.2) is 11.6 Å². The standard InChI is InChI=1S/C28H16O3S/c29-26-19-7-1-2-8-20(19)27(30)22-16-17(13-15-21(22)26)12-14-18-6-5-11-25-28(18)31-23-9-3-4-10-24(23)32-25/h1-16H/b14-12+. The van der Waals surface area contributed by atoms with Crippen molar-refractivity contribution in [2.24, 2.45) is 0 Å². The minimum absolute atomic E-state index is 0.105. The summed E-state index contributed by atoms with van der Waals surface area (Å²) in [6, 6.07) is 26.5. The van der Waals surface area contributed by atoms with Crippen LogP contribution in [0, 0.1) is 0 Å². The Morgan fingerprint density at radius 3 is 2.16 bits per heavy atom. The predicted molar refractivity (Wildman–Crippen MR) is 126 cm³/mol. The monoisotopic (exact) mass is 432 g/mol. The Morgan fingerprint density at radius 1 is 0.625 bits per heavy atom. The van der Waals surface area contributed by atoms with Crippen molar-refractivity contribution < 1.29 is 14.3 Å². The van der Waals surface area contributed by atoms with Crippen molar-refractivity contribution >= 4 is 35.5 Å². The van der Waals surface area contributed by atoms with Crippen LogP contribution in [0.5, 0.6) is 11.5 Å². The fourth-order valence-corrected chi connectivity index (χ4v) is 5.10. The van der Waals surface area contributed by atoms with E-state index in [-0.39, 0.29) is 11.6 Å². The highest BCUT2D eigenvalue weighted by Gasteiger charge is 2.29. The minimum atomic E-state index is -0.112. The lowest BCUT2D eigenvalue weighted by Crippen LogP contribution is -2.20. The Hall–Kier alpha value is -3.89. The van der Waals surface area contributed by atoms with Crippen LogP contribution in [0.1, 0.15) is 43.0 Å². The summed E-state index contributed by atoms with van der Waals surface area (Å²) >= 11 is 1.69. The quantitative estimate of drug-likeness (QED) is 0.280. The number of benzene rings is 4. The van der Waals surface area contributed by atoms with E-state index in [1.54, 1.807) is 48.2 Å². The number of carbonyl (C=O) groups excluding carboxylic acids is 2. The molecule has 0 bridgehead atoms. The van der Waals surface area contributed by atoms with Crippen LogP contribution in [-0.2, 0) is 0 Å². The molecule has 152 valence electrons. The van der Waals surface area contributed by atoms with Gasteiger partial charge in [0.05, 0.1) is 9.79 Å². The molecule has 0 fully saturated rings. The maximum absolute atomic E-state index is 13.0. The van der Waals surface area contributed by atoms with E-state index in [9.17, 15) is 9.59 Å². The fourth-order valence-electron chi connectivity index (χ4n) is 4.11. The number of rotatable bonds is 2. The third kappa shape index (κ3) is 3.00. The Bertz CT molecular complexity index is 1470. The number of fused-ring (bicyclic) bond motifs is 4. The van der Waals surface area contributed by atoms with Gasteiger partial charge in [0.15, 0.2) is 11.6 Å². The normalized spacial score (nSPS) is 13.8. The van der Waals surface area contributed by atoms with Crippen molar-refractivity contribution in [3.63, 3.8) is 0 Å². The van der Waals surface area contributed by atoms with Gasteiger partial charge in [0.2, 0.25) is 0 Å². The van der Waals surface area contributed by atoms with Gasteiger partial charge in [-0.2, -0.15) is 0 Å². The first-order valence-corrected chi connectivity index (χ1v) is 11.1. The number of hydrogen-bond donors (Lipinski definition) is 0. The Balaban J connectivity index is 1.35. The molecular weight excluding hydrogens is 416 g/mol.